The molecule has 2 aromatic carbocycles. The van der Waals surface area contributed by atoms with Crippen molar-refractivity contribution in [3.05, 3.63) is 69.2 Å². The highest BCUT2D eigenvalue weighted by Gasteiger charge is 2.27. The molecular weight excluding hydrogens is 416 g/mol. The van der Waals surface area contributed by atoms with Gasteiger partial charge in [-0.15, -0.1) is 0 Å². The quantitative estimate of drug-likeness (QED) is 0.405. The van der Waals surface area contributed by atoms with Crippen LogP contribution in [0.1, 0.15) is 81.7 Å². The fraction of sp³-hybridized carbons (Fsp3) is 0.552. The maximum atomic E-state index is 13.2. The zero-order valence-electron chi connectivity index (χ0n) is 21.0. The van der Waals surface area contributed by atoms with Crippen molar-refractivity contribution in [1.82, 2.24) is 0 Å². The molecule has 176 valence electrons. The molecule has 0 bridgehead atoms. The number of benzene rings is 2. The third kappa shape index (κ3) is 7.18. The number of hydrogen-bond acceptors (Lipinski definition) is 2. The van der Waals surface area contributed by atoms with Crippen LogP contribution in [0.4, 0.5) is 0 Å². The Hall–Kier alpha value is -1.64. The van der Waals surface area contributed by atoms with E-state index in [9.17, 15) is 9.90 Å². The molecule has 0 aliphatic rings. The van der Waals surface area contributed by atoms with Gasteiger partial charge in [-0.2, -0.15) is 0 Å². The van der Waals surface area contributed by atoms with E-state index >= 15 is 0 Å². The predicted octanol–water partition coefficient (Wildman–Crippen LogP) is 7.35. The van der Waals surface area contributed by atoms with Crippen LogP contribution < -0.4 is 0 Å². The lowest BCUT2D eigenvalue weighted by Gasteiger charge is -2.26. The van der Waals surface area contributed by atoms with Gasteiger partial charge in [0.1, 0.15) is 5.78 Å². The molecule has 2 aromatic rings. The number of ketones is 1. The zero-order valence-corrected chi connectivity index (χ0v) is 21.7. The Labute approximate surface area is 200 Å². The second-order valence-electron chi connectivity index (χ2n) is 10.8. The maximum absolute atomic E-state index is 13.2. The average Bonchev–Trinajstić information content (AvgIpc) is 2.72. The number of hydrogen-bond donors (Lipinski definition) is 1. The Morgan fingerprint density at radius 3 is 2.25 bits per heavy atom. The minimum absolute atomic E-state index is 0.000445. The van der Waals surface area contributed by atoms with Crippen molar-refractivity contribution in [1.29, 1.82) is 0 Å². The minimum Gasteiger partial charge on any atom is -0.396 e. The lowest BCUT2D eigenvalue weighted by Crippen LogP contribution is -2.28. The van der Waals surface area contributed by atoms with Crippen LogP contribution in [-0.2, 0) is 24.1 Å². The summed E-state index contributed by atoms with van der Waals surface area (Å²) in [6.07, 6.45) is 3.15. The van der Waals surface area contributed by atoms with Gasteiger partial charge in [-0.05, 0) is 77.3 Å². The molecule has 0 saturated carbocycles. The Morgan fingerprint density at radius 1 is 1.03 bits per heavy atom. The highest BCUT2D eigenvalue weighted by atomic mass is 35.5. The van der Waals surface area contributed by atoms with Crippen molar-refractivity contribution in [3.8, 4) is 0 Å². The van der Waals surface area contributed by atoms with Gasteiger partial charge >= 0.3 is 0 Å². The topological polar surface area (TPSA) is 37.3 Å². The molecule has 0 spiro atoms. The lowest BCUT2D eigenvalue weighted by atomic mass is 9.79. The Morgan fingerprint density at radius 2 is 1.69 bits per heavy atom. The largest absolute Gasteiger partial charge is 0.396 e. The average molecular weight is 457 g/mol. The standard InChI is InChI=1S/C29H41ClO2/c1-19(2)24-12-9-11-22(14-15-29(5,6)7)26(24)16-23(18-31)21(4)28(32)17-25-20(3)10-8-13-27(25)30/h8-13,19,21,23,31H,14-18H2,1-7H3. The molecule has 3 heteroatoms. The van der Waals surface area contributed by atoms with E-state index in [0.717, 1.165) is 30.4 Å². The van der Waals surface area contributed by atoms with Gasteiger partial charge in [0.05, 0.1) is 0 Å². The van der Waals surface area contributed by atoms with E-state index in [1.807, 2.05) is 32.0 Å². The summed E-state index contributed by atoms with van der Waals surface area (Å²) in [4.78, 5) is 13.2. The highest BCUT2D eigenvalue weighted by Crippen LogP contribution is 2.31. The SMILES string of the molecule is Cc1cccc(Cl)c1CC(=O)C(C)C(CO)Cc1c(CCC(C)(C)C)cccc1C(C)C. The van der Waals surface area contributed by atoms with Gasteiger partial charge < -0.3 is 5.11 Å². The first-order valence-electron chi connectivity index (χ1n) is 11.9. The maximum Gasteiger partial charge on any atom is 0.140 e. The van der Waals surface area contributed by atoms with E-state index in [4.69, 9.17) is 11.6 Å². The van der Waals surface area contributed by atoms with Gasteiger partial charge in [-0.25, -0.2) is 0 Å². The Bertz CT molecular complexity index is 888. The Balaban J connectivity index is 2.29. The lowest BCUT2D eigenvalue weighted by molar-refractivity contribution is -0.123. The van der Waals surface area contributed by atoms with Crippen molar-refractivity contribution in [2.75, 3.05) is 6.61 Å². The molecular formula is C29H41ClO2. The number of rotatable bonds is 10. The molecule has 32 heavy (non-hydrogen) atoms. The predicted molar refractivity (Wildman–Crippen MR) is 137 cm³/mol. The number of Topliss-reactive ketones (excluding diaryl/α,β-unsaturated/α-hetero) is 1. The molecule has 1 N–H and O–H groups in total. The zero-order chi connectivity index (χ0) is 24.1. The van der Waals surface area contributed by atoms with Crippen LogP contribution in [0.5, 0.6) is 0 Å². The van der Waals surface area contributed by atoms with E-state index in [0.29, 0.717) is 17.4 Å². The first-order valence-corrected chi connectivity index (χ1v) is 12.3. The van der Waals surface area contributed by atoms with Crippen molar-refractivity contribution in [3.63, 3.8) is 0 Å². The van der Waals surface area contributed by atoms with E-state index in [1.165, 1.54) is 16.7 Å². The fourth-order valence-corrected chi connectivity index (χ4v) is 4.63. The van der Waals surface area contributed by atoms with Gasteiger partial charge in [0.2, 0.25) is 0 Å². The van der Waals surface area contributed by atoms with Crippen molar-refractivity contribution in [2.45, 2.75) is 80.1 Å². The second kappa shape index (κ2) is 11.5. The van der Waals surface area contributed by atoms with Gasteiger partial charge in [-0.3, -0.25) is 4.79 Å². The number of aliphatic hydroxyl groups is 1. The number of aliphatic hydroxyl groups excluding tert-OH is 1. The second-order valence-corrected chi connectivity index (χ2v) is 11.2. The molecule has 0 fully saturated rings. The van der Waals surface area contributed by atoms with Crippen LogP contribution in [0.15, 0.2) is 36.4 Å². The number of carbonyl (C=O) groups excluding carboxylic acids is 1. The summed E-state index contributed by atoms with van der Waals surface area (Å²) < 4.78 is 0. The van der Waals surface area contributed by atoms with Crippen LogP contribution in [0, 0.1) is 24.2 Å². The van der Waals surface area contributed by atoms with Crippen LogP contribution in [-0.4, -0.2) is 17.5 Å². The normalized spacial score (nSPS) is 13.9. The molecule has 0 amide bonds. The fourth-order valence-electron chi connectivity index (χ4n) is 4.34. The number of halogens is 1. The van der Waals surface area contributed by atoms with E-state index in [2.05, 4.69) is 52.8 Å². The molecule has 0 radical (unpaired) electrons. The summed E-state index contributed by atoms with van der Waals surface area (Å²) in [6.45, 7) is 15.2. The highest BCUT2D eigenvalue weighted by molar-refractivity contribution is 6.31. The van der Waals surface area contributed by atoms with Crippen LogP contribution in [0.25, 0.3) is 0 Å². The summed E-state index contributed by atoms with van der Waals surface area (Å²) >= 11 is 6.37. The molecule has 2 atom stereocenters. The summed E-state index contributed by atoms with van der Waals surface area (Å²) in [6, 6.07) is 12.3. The van der Waals surface area contributed by atoms with Crippen LogP contribution in [0.2, 0.25) is 5.02 Å². The molecule has 0 aromatic heterocycles. The van der Waals surface area contributed by atoms with Gasteiger partial charge in [0, 0.05) is 24.0 Å². The summed E-state index contributed by atoms with van der Waals surface area (Å²) in [5.41, 5.74) is 6.20. The number of carbonyl (C=O) groups is 1. The molecule has 0 saturated heterocycles. The molecule has 0 aliphatic heterocycles. The molecule has 2 nitrogen and oxygen atoms in total. The monoisotopic (exact) mass is 456 g/mol. The van der Waals surface area contributed by atoms with E-state index in [-0.39, 0.29) is 29.6 Å². The molecule has 2 rings (SSSR count). The summed E-state index contributed by atoms with van der Waals surface area (Å²) in [5.74, 6) is 0.180. The van der Waals surface area contributed by atoms with Crippen molar-refractivity contribution in [2.24, 2.45) is 17.3 Å². The minimum atomic E-state index is -0.244. The Kier molecular flexibility index (Phi) is 9.54. The van der Waals surface area contributed by atoms with Gasteiger partial charge in [0.15, 0.2) is 0 Å². The van der Waals surface area contributed by atoms with Crippen molar-refractivity contribution >= 4 is 17.4 Å². The van der Waals surface area contributed by atoms with Gasteiger partial charge in [0.25, 0.3) is 0 Å². The molecule has 2 unspecified atom stereocenters. The smallest absolute Gasteiger partial charge is 0.140 e. The number of aryl methyl sites for hydroxylation is 2. The first-order chi connectivity index (χ1) is 14.9. The van der Waals surface area contributed by atoms with E-state index in [1.54, 1.807) is 0 Å². The van der Waals surface area contributed by atoms with E-state index < -0.39 is 0 Å². The van der Waals surface area contributed by atoms with Gasteiger partial charge in [-0.1, -0.05) is 83.5 Å². The first kappa shape index (κ1) is 26.6. The molecule has 0 heterocycles. The van der Waals surface area contributed by atoms with Crippen LogP contribution in [0.3, 0.4) is 0 Å². The summed E-state index contributed by atoms with van der Waals surface area (Å²) in [7, 11) is 0. The third-order valence-corrected chi connectivity index (χ3v) is 7.05. The molecule has 0 aliphatic carbocycles. The van der Waals surface area contributed by atoms with Crippen LogP contribution >= 0.6 is 11.6 Å². The summed E-state index contributed by atoms with van der Waals surface area (Å²) in [5, 5.41) is 10.9. The van der Waals surface area contributed by atoms with Crippen molar-refractivity contribution < 1.29 is 9.90 Å². The third-order valence-electron chi connectivity index (χ3n) is 6.70.